The molecule has 2 rings (SSSR count). The molecule has 30 heavy (non-hydrogen) atoms. The lowest BCUT2D eigenvalue weighted by Crippen LogP contribution is -2.37. The van der Waals surface area contributed by atoms with Gasteiger partial charge in [0.25, 0.3) is 0 Å². The van der Waals surface area contributed by atoms with Crippen LogP contribution in [0.15, 0.2) is 23.2 Å². The third kappa shape index (κ3) is 7.05. The summed E-state index contributed by atoms with van der Waals surface area (Å²) in [6, 6.07) is 5.83. The lowest BCUT2D eigenvalue weighted by atomic mass is 10.2. The van der Waals surface area contributed by atoms with E-state index in [0.717, 1.165) is 36.0 Å². The first kappa shape index (κ1) is 26.0. The number of aromatic nitrogens is 2. The molecule has 0 bridgehead atoms. The molecule has 0 aliphatic rings. The van der Waals surface area contributed by atoms with Gasteiger partial charge in [-0.05, 0) is 38.5 Å². The summed E-state index contributed by atoms with van der Waals surface area (Å²) in [4.78, 5) is 4.70. The summed E-state index contributed by atoms with van der Waals surface area (Å²) in [5.74, 6) is 2.17. The zero-order valence-electron chi connectivity index (χ0n) is 18.7. The Bertz CT molecular complexity index is 823. The first-order valence-corrected chi connectivity index (χ1v) is 9.78. The largest absolute Gasteiger partial charge is 0.493 e. The van der Waals surface area contributed by atoms with E-state index >= 15 is 0 Å². The number of halogens is 1. The number of rotatable bonds is 10. The van der Waals surface area contributed by atoms with Gasteiger partial charge < -0.3 is 24.8 Å². The fourth-order valence-corrected chi connectivity index (χ4v) is 3.05. The summed E-state index contributed by atoms with van der Waals surface area (Å²) in [7, 11) is 4.96. The highest BCUT2D eigenvalue weighted by Crippen LogP contribution is 2.27. The number of benzene rings is 1. The number of nitrogens with one attached hydrogen (secondary N) is 2. The van der Waals surface area contributed by atoms with Gasteiger partial charge in [0.05, 0.1) is 39.6 Å². The summed E-state index contributed by atoms with van der Waals surface area (Å²) >= 11 is 0. The monoisotopic (exact) mass is 531 g/mol. The minimum atomic E-state index is 0. The molecule has 0 aliphatic carbocycles. The first-order valence-electron chi connectivity index (χ1n) is 9.78. The van der Waals surface area contributed by atoms with Crippen molar-refractivity contribution in [3.05, 3.63) is 40.7 Å². The standard InChI is InChI=1S/C21H33N5O3.HI/c1-7-22-21(23-13-17-8-9-19(28-5)20(12-17)29-6)24-14-18-15(2)25-26(16(18)3)10-11-27-4;/h8-9,12H,7,10-11,13-14H2,1-6H3,(H2,22,23,24);1H. The van der Waals surface area contributed by atoms with Crippen LogP contribution in [-0.4, -0.2) is 50.2 Å². The quantitative estimate of drug-likeness (QED) is 0.279. The molecule has 0 saturated carbocycles. The van der Waals surface area contributed by atoms with Gasteiger partial charge in [0.2, 0.25) is 0 Å². The number of methoxy groups -OCH3 is 3. The highest BCUT2D eigenvalue weighted by molar-refractivity contribution is 14.0. The van der Waals surface area contributed by atoms with Crippen LogP contribution in [0.25, 0.3) is 0 Å². The number of guanidine groups is 1. The van der Waals surface area contributed by atoms with Crippen LogP contribution in [0, 0.1) is 13.8 Å². The Morgan fingerprint density at radius 2 is 1.83 bits per heavy atom. The lowest BCUT2D eigenvalue weighted by molar-refractivity contribution is 0.182. The maximum absolute atomic E-state index is 5.37. The molecule has 0 unspecified atom stereocenters. The predicted octanol–water partition coefficient (Wildman–Crippen LogP) is 3.04. The van der Waals surface area contributed by atoms with Gasteiger partial charge in [-0.15, -0.1) is 24.0 Å². The van der Waals surface area contributed by atoms with Crippen LogP contribution in [-0.2, 0) is 24.4 Å². The molecular formula is C21H34IN5O3. The molecule has 2 aromatic rings. The van der Waals surface area contributed by atoms with E-state index in [-0.39, 0.29) is 24.0 Å². The van der Waals surface area contributed by atoms with Crippen molar-refractivity contribution in [3.8, 4) is 11.5 Å². The van der Waals surface area contributed by atoms with Crippen molar-refractivity contribution >= 4 is 29.9 Å². The third-order valence-electron chi connectivity index (χ3n) is 4.68. The second-order valence-corrected chi connectivity index (χ2v) is 6.60. The van der Waals surface area contributed by atoms with Gasteiger partial charge in [0.15, 0.2) is 17.5 Å². The van der Waals surface area contributed by atoms with E-state index in [1.54, 1.807) is 21.3 Å². The third-order valence-corrected chi connectivity index (χ3v) is 4.68. The van der Waals surface area contributed by atoms with Crippen molar-refractivity contribution in [3.63, 3.8) is 0 Å². The van der Waals surface area contributed by atoms with Crippen LogP contribution >= 0.6 is 24.0 Å². The van der Waals surface area contributed by atoms with Crippen LogP contribution in [0.3, 0.4) is 0 Å². The van der Waals surface area contributed by atoms with Crippen LogP contribution in [0.4, 0.5) is 0 Å². The second-order valence-electron chi connectivity index (χ2n) is 6.60. The Balaban J connectivity index is 0.00000450. The van der Waals surface area contributed by atoms with E-state index in [1.807, 2.05) is 36.7 Å². The molecule has 0 saturated heterocycles. The predicted molar refractivity (Wildman–Crippen MR) is 130 cm³/mol. The van der Waals surface area contributed by atoms with Crippen molar-refractivity contribution in [1.29, 1.82) is 0 Å². The molecule has 0 radical (unpaired) electrons. The molecule has 1 aromatic heterocycles. The van der Waals surface area contributed by atoms with Crippen molar-refractivity contribution in [2.75, 3.05) is 34.5 Å². The zero-order chi connectivity index (χ0) is 21.2. The maximum Gasteiger partial charge on any atom is 0.191 e. The fourth-order valence-electron chi connectivity index (χ4n) is 3.05. The van der Waals surface area contributed by atoms with Gasteiger partial charge in [-0.1, -0.05) is 6.07 Å². The normalized spacial score (nSPS) is 11.1. The van der Waals surface area contributed by atoms with Crippen molar-refractivity contribution in [2.24, 2.45) is 4.99 Å². The summed E-state index contributed by atoms with van der Waals surface area (Å²) < 4.78 is 17.8. The van der Waals surface area contributed by atoms with Gasteiger partial charge in [0, 0.05) is 31.5 Å². The number of aliphatic imine (C=N–C) groups is 1. The minimum Gasteiger partial charge on any atom is -0.493 e. The number of aryl methyl sites for hydroxylation is 1. The zero-order valence-corrected chi connectivity index (χ0v) is 21.1. The Morgan fingerprint density at radius 3 is 2.47 bits per heavy atom. The molecule has 0 fully saturated rings. The summed E-state index contributed by atoms with van der Waals surface area (Å²) in [6.45, 7) is 9.52. The highest BCUT2D eigenvalue weighted by atomic mass is 127. The fraction of sp³-hybridized carbons (Fsp3) is 0.524. The molecule has 0 amide bonds. The van der Waals surface area contributed by atoms with E-state index in [9.17, 15) is 0 Å². The van der Waals surface area contributed by atoms with Gasteiger partial charge in [-0.3, -0.25) is 4.68 Å². The van der Waals surface area contributed by atoms with E-state index in [2.05, 4.69) is 22.7 Å². The molecule has 9 heteroatoms. The molecule has 0 aliphatic heterocycles. The van der Waals surface area contributed by atoms with Crippen molar-refractivity contribution in [1.82, 2.24) is 20.4 Å². The Labute approximate surface area is 196 Å². The van der Waals surface area contributed by atoms with E-state index in [4.69, 9.17) is 19.2 Å². The molecule has 1 aromatic carbocycles. The lowest BCUT2D eigenvalue weighted by Gasteiger charge is -2.13. The Morgan fingerprint density at radius 1 is 1.10 bits per heavy atom. The van der Waals surface area contributed by atoms with Gasteiger partial charge in [0.1, 0.15) is 0 Å². The van der Waals surface area contributed by atoms with Crippen LogP contribution in [0.1, 0.15) is 29.4 Å². The number of ether oxygens (including phenoxy) is 3. The minimum absolute atomic E-state index is 0. The summed E-state index contributed by atoms with van der Waals surface area (Å²) in [6.07, 6.45) is 0. The maximum atomic E-state index is 5.37. The first-order chi connectivity index (χ1) is 14.0. The Hall–Kier alpha value is -2.01. The average Bonchev–Trinajstić information content (AvgIpc) is 3.00. The molecule has 2 N–H and O–H groups in total. The topological polar surface area (TPSA) is 81.9 Å². The van der Waals surface area contributed by atoms with Crippen LogP contribution < -0.4 is 20.1 Å². The summed E-state index contributed by atoms with van der Waals surface area (Å²) in [5.41, 5.74) is 4.38. The van der Waals surface area contributed by atoms with E-state index < -0.39 is 0 Å². The Kier molecular flexibility index (Phi) is 11.6. The van der Waals surface area contributed by atoms with Crippen molar-refractivity contribution < 1.29 is 14.2 Å². The van der Waals surface area contributed by atoms with Gasteiger partial charge in [-0.25, -0.2) is 4.99 Å². The number of hydrogen-bond acceptors (Lipinski definition) is 5. The summed E-state index contributed by atoms with van der Waals surface area (Å²) in [5, 5.41) is 11.3. The van der Waals surface area contributed by atoms with E-state index in [0.29, 0.717) is 31.2 Å². The number of hydrogen-bond donors (Lipinski definition) is 2. The molecule has 1 heterocycles. The van der Waals surface area contributed by atoms with Crippen molar-refractivity contribution in [2.45, 2.75) is 40.4 Å². The van der Waals surface area contributed by atoms with Gasteiger partial charge in [-0.2, -0.15) is 5.10 Å². The average molecular weight is 531 g/mol. The van der Waals surface area contributed by atoms with E-state index in [1.165, 1.54) is 5.56 Å². The van der Waals surface area contributed by atoms with Crippen LogP contribution in [0.2, 0.25) is 0 Å². The highest BCUT2D eigenvalue weighted by Gasteiger charge is 2.12. The number of nitrogens with zero attached hydrogens (tertiary/aromatic N) is 3. The van der Waals surface area contributed by atoms with Crippen LogP contribution in [0.5, 0.6) is 11.5 Å². The SMILES string of the molecule is CCNC(=NCc1ccc(OC)c(OC)c1)NCc1c(C)nn(CCOC)c1C.I. The molecule has 0 atom stereocenters. The second kappa shape index (κ2) is 13.3. The molecule has 8 nitrogen and oxygen atoms in total. The molecule has 168 valence electrons. The smallest absolute Gasteiger partial charge is 0.191 e. The molecular weight excluding hydrogens is 497 g/mol. The van der Waals surface area contributed by atoms with Gasteiger partial charge >= 0.3 is 0 Å². The molecule has 0 spiro atoms.